The minimum atomic E-state index is -0.245. The van der Waals surface area contributed by atoms with E-state index in [0.29, 0.717) is 12.0 Å². The number of piperazine rings is 1. The minimum Gasteiger partial charge on any atom is -0.378 e. The molecule has 130 valence electrons. The van der Waals surface area contributed by atoms with Crippen LogP contribution in [0.4, 0.5) is 0 Å². The van der Waals surface area contributed by atoms with Gasteiger partial charge in [-0.05, 0) is 51.5 Å². The van der Waals surface area contributed by atoms with Crippen LogP contribution in [0, 0.1) is 11.8 Å². The third-order valence-corrected chi connectivity index (χ3v) is 5.61. The summed E-state index contributed by atoms with van der Waals surface area (Å²) in [6.45, 7) is 17.2. The molecule has 2 heterocycles. The summed E-state index contributed by atoms with van der Waals surface area (Å²) in [5.41, 5.74) is 0. The van der Waals surface area contributed by atoms with Crippen molar-refractivity contribution in [3.63, 3.8) is 0 Å². The van der Waals surface area contributed by atoms with E-state index in [1.54, 1.807) is 0 Å². The molecular weight excluding hydrogens is 274 g/mol. The molecule has 0 saturated carbocycles. The van der Waals surface area contributed by atoms with E-state index in [1.807, 2.05) is 0 Å². The lowest BCUT2D eigenvalue weighted by atomic mass is 9.92. The van der Waals surface area contributed by atoms with E-state index in [4.69, 9.17) is 0 Å². The van der Waals surface area contributed by atoms with Gasteiger partial charge in [-0.2, -0.15) is 0 Å². The van der Waals surface area contributed by atoms with Gasteiger partial charge in [-0.15, -0.1) is 0 Å². The van der Waals surface area contributed by atoms with E-state index in [9.17, 15) is 5.11 Å². The van der Waals surface area contributed by atoms with Crippen LogP contribution in [0.25, 0.3) is 0 Å². The molecule has 2 aliphatic rings. The molecule has 2 aliphatic heterocycles. The van der Waals surface area contributed by atoms with Crippen LogP contribution in [0.1, 0.15) is 47.0 Å². The number of hydrogen-bond donors (Lipinski definition) is 1. The Bertz CT molecular complexity index is 305. The maximum atomic E-state index is 10.2. The van der Waals surface area contributed by atoms with E-state index < -0.39 is 0 Å². The fourth-order valence-electron chi connectivity index (χ4n) is 3.80. The van der Waals surface area contributed by atoms with Gasteiger partial charge in [0.1, 0.15) is 6.23 Å². The third-order valence-electron chi connectivity index (χ3n) is 5.61. The van der Waals surface area contributed by atoms with Crippen LogP contribution < -0.4 is 0 Å². The Morgan fingerprint density at radius 1 is 0.864 bits per heavy atom. The van der Waals surface area contributed by atoms with Gasteiger partial charge in [0, 0.05) is 45.3 Å². The van der Waals surface area contributed by atoms with Gasteiger partial charge in [0.2, 0.25) is 0 Å². The zero-order chi connectivity index (χ0) is 16.1. The maximum absolute atomic E-state index is 10.2. The molecule has 0 amide bonds. The molecule has 0 aliphatic carbocycles. The molecule has 1 N–H and O–H groups in total. The normalized spacial score (nSPS) is 25.2. The molecule has 4 heteroatoms. The van der Waals surface area contributed by atoms with Crippen molar-refractivity contribution in [3.05, 3.63) is 0 Å². The molecule has 22 heavy (non-hydrogen) atoms. The summed E-state index contributed by atoms with van der Waals surface area (Å²) in [5, 5.41) is 10.2. The maximum Gasteiger partial charge on any atom is 0.109 e. The predicted molar refractivity (Wildman–Crippen MR) is 92.9 cm³/mol. The number of aliphatic hydroxyl groups excluding tert-OH is 1. The van der Waals surface area contributed by atoms with E-state index in [2.05, 4.69) is 42.4 Å². The molecule has 4 nitrogen and oxygen atoms in total. The number of hydrogen-bond acceptors (Lipinski definition) is 4. The van der Waals surface area contributed by atoms with Crippen LogP contribution in [-0.2, 0) is 0 Å². The fraction of sp³-hybridized carbons (Fsp3) is 1.00. The zero-order valence-corrected chi connectivity index (χ0v) is 15.2. The lowest BCUT2D eigenvalue weighted by Gasteiger charge is -2.39. The quantitative estimate of drug-likeness (QED) is 0.813. The van der Waals surface area contributed by atoms with Crippen LogP contribution in [-0.4, -0.2) is 77.9 Å². The summed E-state index contributed by atoms with van der Waals surface area (Å²) in [5.74, 6) is 1.20. The number of piperidine rings is 1. The summed E-state index contributed by atoms with van der Waals surface area (Å²) in [6, 6.07) is 0.693. The first-order valence-corrected chi connectivity index (χ1v) is 9.36. The molecule has 0 aromatic heterocycles. The Hall–Kier alpha value is -0.160. The molecule has 0 bridgehead atoms. The molecule has 1 unspecified atom stereocenters. The molecule has 1 atom stereocenters. The number of nitrogens with zero attached hydrogens (tertiary/aromatic N) is 3. The van der Waals surface area contributed by atoms with Crippen molar-refractivity contribution in [2.75, 3.05) is 45.8 Å². The van der Waals surface area contributed by atoms with Crippen molar-refractivity contribution in [1.29, 1.82) is 0 Å². The minimum absolute atomic E-state index is 0.245. The highest BCUT2D eigenvalue weighted by Crippen LogP contribution is 2.23. The van der Waals surface area contributed by atoms with E-state index in [1.165, 1.54) is 52.0 Å². The Kier molecular flexibility index (Phi) is 7.13. The Morgan fingerprint density at radius 2 is 1.45 bits per heavy atom. The van der Waals surface area contributed by atoms with Crippen LogP contribution in [0.15, 0.2) is 0 Å². The first kappa shape index (κ1) is 18.2. The lowest BCUT2D eigenvalue weighted by Crippen LogP contribution is -2.49. The summed E-state index contributed by atoms with van der Waals surface area (Å²) >= 11 is 0. The Labute approximate surface area is 137 Å². The second kappa shape index (κ2) is 8.62. The topological polar surface area (TPSA) is 30.0 Å². The SMILES string of the molecule is CC(C)C(O)N1CCC(CCN2CCN(C(C)C)CC2)CC1. The second-order valence-electron chi connectivity index (χ2n) is 7.90. The highest BCUT2D eigenvalue weighted by molar-refractivity contribution is 4.78. The van der Waals surface area contributed by atoms with Crippen molar-refractivity contribution >= 4 is 0 Å². The van der Waals surface area contributed by atoms with Crippen LogP contribution in [0.2, 0.25) is 0 Å². The Balaban J connectivity index is 1.61. The van der Waals surface area contributed by atoms with Crippen LogP contribution in [0.5, 0.6) is 0 Å². The first-order valence-electron chi connectivity index (χ1n) is 9.36. The standard InChI is InChI=1S/C18H37N3O/c1-15(2)18(22)21-9-6-17(7-10-21)5-8-19-11-13-20(14-12-19)16(3)4/h15-18,22H,5-14H2,1-4H3. The largest absolute Gasteiger partial charge is 0.378 e. The van der Waals surface area contributed by atoms with E-state index in [-0.39, 0.29) is 6.23 Å². The molecule has 2 fully saturated rings. The van der Waals surface area contributed by atoms with Crippen LogP contribution in [0.3, 0.4) is 0 Å². The molecule has 0 aromatic rings. The molecule has 2 saturated heterocycles. The van der Waals surface area contributed by atoms with Gasteiger partial charge in [-0.1, -0.05) is 13.8 Å². The Morgan fingerprint density at radius 3 is 1.95 bits per heavy atom. The van der Waals surface area contributed by atoms with Crippen molar-refractivity contribution in [2.45, 2.75) is 59.2 Å². The monoisotopic (exact) mass is 311 g/mol. The zero-order valence-electron chi connectivity index (χ0n) is 15.2. The van der Waals surface area contributed by atoms with Gasteiger partial charge < -0.3 is 10.0 Å². The average Bonchev–Trinajstić information content (AvgIpc) is 2.53. The molecule has 0 radical (unpaired) electrons. The van der Waals surface area contributed by atoms with Crippen LogP contribution >= 0.6 is 0 Å². The van der Waals surface area contributed by atoms with Gasteiger partial charge in [-0.25, -0.2) is 0 Å². The average molecular weight is 312 g/mol. The predicted octanol–water partition coefficient (Wildman–Crippen LogP) is 2.09. The highest BCUT2D eigenvalue weighted by atomic mass is 16.3. The van der Waals surface area contributed by atoms with Gasteiger partial charge >= 0.3 is 0 Å². The summed E-state index contributed by atoms with van der Waals surface area (Å²) in [6.07, 6.45) is 3.61. The molecule has 0 spiro atoms. The third kappa shape index (κ3) is 5.19. The van der Waals surface area contributed by atoms with Gasteiger partial charge in [0.05, 0.1) is 0 Å². The smallest absolute Gasteiger partial charge is 0.109 e. The highest BCUT2D eigenvalue weighted by Gasteiger charge is 2.26. The summed E-state index contributed by atoms with van der Waals surface area (Å²) < 4.78 is 0. The fourth-order valence-corrected chi connectivity index (χ4v) is 3.80. The lowest BCUT2D eigenvalue weighted by molar-refractivity contribution is -0.0474. The first-order chi connectivity index (χ1) is 10.5. The molecular formula is C18H37N3O. The summed E-state index contributed by atoms with van der Waals surface area (Å²) in [4.78, 5) is 7.50. The number of aliphatic hydroxyl groups is 1. The van der Waals surface area contributed by atoms with Crippen molar-refractivity contribution in [1.82, 2.24) is 14.7 Å². The second-order valence-corrected chi connectivity index (χ2v) is 7.90. The number of likely N-dealkylation sites (tertiary alicyclic amines) is 1. The number of rotatable bonds is 6. The van der Waals surface area contributed by atoms with E-state index >= 15 is 0 Å². The van der Waals surface area contributed by atoms with Crippen molar-refractivity contribution in [2.24, 2.45) is 11.8 Å². The van der Waals surface area contributed by atoms with Gasteiger partial charge in [-0.3, -0.25) is 9.80 Å². The van der Waals surface area contributed by atoms with Gasteiger partial charge in [0.15, 0.2) is 0 Å². The van der Waals surface area contributed by atoms with Crippen molar-refractivity contribution < 1.29 is 5.11 Å². The molecule has 0 aromatic carbocycles. The van der Waals surface area contributed by atoms with E-state index in [0.717, 1.165) is 19.0 Å². The van der Waals surface area contributed by atoms with Gasteiger partial charge in [0.25, 0.3) is 0 Å². The molecule has 2 rings (SSSR count). The summed E-state index contributed by atoms with van der Waals surface area (Å²) in [7, 11) is 0. The van der Waals surface area contributed by atoms with Crippen molar-refractivity contribution in [3.8, 4) is 0 Å².